The summed E-state index contributed by atoms with van der Waals surface area (Å²) in [4.78, 5) is 24.7. The molecule has 2 fully saturated rings. The fraction of sp³-hybridized carbons (Fsp3) is 0.400. The van der Waals surface area contributed by atoms with Crippen LogP contribution in [0.4, 0.5) is 11.8 Å². The van der Waals surface area contributed by atoms with Gasteiger partial charge in [0, 0.05) is 31.3 Å². The van der Waals surface area contributed by atoms with Gasteiger partial charge in [-0.1, -0.05) is 30.3 Å². The summed E-state index contributed by atoms with van der Waals surface area (Å²) >= 11 is 0. The van der Waals surface area contributed by atoms with E-state index in [-0.39, 0.29) is 11.8 Å². The molecule has 2 unspecified atom stereocenters. The highest BCUT2D eigenvalue weighted by Gasteiger charge is 2.37. The van der Waals surface area contributed by atoms with Crippen LogP contribution in [-0.2, 0) is 9.53 Å². The van der Waals surface area contributed by atoms with Gasteiger partial charge < -0.3 is 30.2 Å². The predicted molar refractivity (Wildman–Crippen MR) is 130 cm³/mol. The first-order valence-corrected chi connectivity index (χ1v) is 11.5. The lowest BCUT2D eigenvalue weighted by Crippen LogP contribution is -2.50. The van der Waals surface area contributed by atoms with E-state index in [1.54, 1.807) is 14.2 Å². The van der Waals surface area contributed by atoms with E-state index in [9.17, 15) is 4.79 Å². The summed E-state index contributed by atoms with van der Waals surface area (Å²) in [7, 11) is 3.20. The standard InChI is InChI=1S/C25H29N5O4/c1-32-18-13-16-21(20(23(18)33-2)15-7-4-3-5-8-15)24(26)29-25(28-16)30-11-6-9-17(30)22(31)19-14-27-10-12-34-19/h3-5,7-8,13,17,19,27H,6,9-12,14H2,1-2H3,(H2,26,28,29). The number of Topliss-reactive ketones (excluding diaryl/α,β-unsaturated/α-hetero) is 1. The summed E-state index contributed by atoms with van der Waals surface area (Å²) in [6, 6.07) is 11.3. The van der Waals surface area contributed by atoms with Gasteiger partial charge in [0.15, 0.2) is 17.3 Å². The number of anilines is 2. The molecule has 2 saturated heterocycles. The van der Waals surface area contributed by atoms with Crippen LogP contribution in [0, 0.1) is 0 Å². The zero-order valence-corrected chi connectivity index (χ0v) is 19.4. The van der Waals surface area contributed by atoms with E-state index in [2.05, 4.69) is 10.3 Å². The Labute approximate surface area is 198 Å². The second kappa shape index (κ2) is 9.44. The highest BCUT2D eigenvalue weighted by molar-refractivity contribution is 6.06. The van der Waals surface area contributed by atoms with E-state index in [0.29, 0.717) is 53.9 Å². The number of carbonyl (C=O) groups is 1. The number of methoxy groups -OCH3 is 2. The number of rotatable bonds is 6. The highest BCUT2D eigenvalue weighted by atomic mass is 16.5. The van der Waals surface area contributed by atoms with Gasteiger partial charge in [0.05, 0.1) is 37.8 Å². The number of aromatic nitrogens is 2. The van der Waals surface area contributed by atoms with Crippen molar-refractivity contribution in [3.05, 3.63) is 36.4 Å². The van der Waals surface area contributed by atoms with Crippen molar-refractivity contribution < 1.29 is 19.0 Å². The lowest BCUT2D eigenvalue weighted by molar-refractivity contribution is -0.133. The minimum absolute atomic E-state index is 0.0595. The van der Waals surface area contributed by atoms with Gasteiger partial charge in [0.2, 0.25) is 5.95 Å². The van der Waals surface area contributed by atoms with Gasteiger partial charge >= 0.3 is 0 Å². The van der Waals surface area contributed by atoms with Crippen LogP contribution in [0.5, 0.6) is 11.5 Å². The van der Waals surface area contributed by atoms with Crippen LogP contribution in [-0.4, -0.2) is 68.4 Å². The van der Waals surface area contributed by atoms with Crippen molar-refractivity contribution in [2.24, 2.45) is 0 Å². The van der Waals surface area contributed by atoms with Crippen molar-refractivity contribution in [2.75, 3.05) is 51.1 Å². The van der Waals surface area contributed by atoms with Crippen LogP contribution in [0.25, 0.3) is 22.0 Å². The molecule has 0 saturated carbocycles. The predicted octanol–water partition coefficient (Wildman–Crippen LogP) is 2.42. The molecule has 0 aliphatic carbocycles. The second-order valence-electron chi connectivity index (χ2n) is 8.47. The van der Waals surface area contributed by atoms with E-state index in [0.717, 1.165) is 30.5 Å². The van der Waals surface area contributed by atoms with Crippen LogP contribution in [0.2, 0.25) is 0 Å². The van der Waals surface area contributed by atoms with Crippen molar-refractivity contribution in [2.45, 2.75) is 25.0 Å². The fourth-order valence-corrected chi connectivity index (χ4v) is 4.90. The van der Waals surface area contributed by atoms with Crippen LogP contribution in [0.3, 0.4) is 0 Å². The molecule has 5 rings (SSSR count). The van der Waals surface area contributed by atoms with E-state index in [1.165, 1.54) is 0 Å². The number of benzene rings is 2. The Kier molecular flexibility index (Phi) is 6.21. The van der Waals surface area contributed by atoms with Crippen molar-refractivity contribution >= 4 is 28.5 Å². The second-order valence-corrected chi connectivity index (χ2v) is 8.47. The summed E-state index contributed by atoms with van der Waals surface area (Å²) < 4.78 is 17.1. The number of nitrogens with zero attached hydrogens (tertiary/aromatic N) is 3. The molecule has 3 N–H and O–H groups in total. The number of nitrogens with one attached hydrogen (secondary N) is 1. The number of hydrogen-bond donors (Lipinski definition) is 2. The summed E-state index contributed by atoms with van der Waals surface area (Å²) in [5, 5.41) is 3.92. The number of nitrogen functional groups attached to an aromatic ring is 1. The van der Waals surface area contributed by atoms with Crippen LogP contribution in [0.1, 0.15) is 12.8 Å². The van der Waals surface area contributed by atoms with Gasteiger partial charge in [-0.05, 0) is 18.4 Å². The van der Waals surface area contributed by atoms with Crippen molar-refractivity contribution in [1.29, 1.82) is 0 Å². The third-order valence-electron chi connectivity index (χ3n) is 6.49. The number of morpholine rings is 1. The lowest BCUT2D eigenvalue weighted by Gasteiger charge is -2.29. The quantitative estimate of drug-likeness (QED) is 0.569. The van der Waals surface area contributed by atoms with Crippen molar-refractivity contribution in [3.8, 4) is 22.6 Å². The van der Waals surface area contributed by atoms with Gasteiger partial charge in [-0.3, -0.25) is 4.79 Å². The van der Waals surface area contributed by atoms with E-state index in [4.69, 9.17) is 24.9 Å². The Morgan fingerprint density at radius 3 is 2.74 bits per heavy atom. The average molecular weight is 464 g/mol. The maximum atomic E-state index is 13.2. The maximum absolute atomic E-state index is 13.2. The normalized spacial score (nSPS) is 20.5. The minimum Gasteiger partial charge on any atom is -0.493 e. The van der Waals surface area contributed by atoms with E-state index < -0.39 is 6.10 Å². The Hall–Kier alpha value is -3.43. The average Bonchev–Trinajstić information content (AvgIpc) is 3.38. The van der Waals surface area contributed by atoms with Gasteiger partial charge in [0.1, 0.15) is 11.9 Å². The van der Waals surface area contributed by atoms with Gasteiger partial charge in [-0.25, -0.2) is 4.98 Å². The molecule has 2 aromatic carbocycles. The number of carbonyl (C=O) groups excluding carboxylic acids is 1. The summed E-state index contributed by atoms with van der Waals surface area (Å²) in [6.45, 7) is 2.51. The molecule has 34 heavy (non-hydrogen) atoms. The van der Waals surface area contributed by atoms with Gasteiger partial charge in [0.25, 0.3) is 0 Å². The van der Waals surface area contributed by atoms with Gasteiger partial charge in [-0.15, -0.1) is 0 Å². The SMILES string of the molecule is COc1cc2nc(N3CCCC3C(=O)C3CNCCO3)nc(N)c2c(-c2ccccc2)c1OC. The van der Waals surface area contributed by atoms with Crippen LogP contribution in [0.15, 0.2) is 36.4 Å². The summed E-state index contributed by atoms with van der Waals surface area (Å²) in [5.74, 6) is 1.95. The molecule has 0 radical (unpaired) electrons. The van der Waals surface area contributed by atoms with Crippen LogP contribution >= 0.6 is 0 Å². The molecule has 0 amide bonds. The molecule has 9 nitrogen and oxygen atoms in total. The monoisotopic (exact) mass is 463 g/mol. The summed E-state index contributed by atoms with van der Waals surface area (Å²) in [6.07, 6.45) is 1.16. The minimum atomic E-state index is -0.453. The van der Waals surface area contributed by atoms with Crippen molar-refractivity contribution in [3.63, 3.8) is 0 Å². The topological polar surface area (TPSA) is 112 Å². The Morgan fingerprint density at radius 2 is 2.03 bits per heavy atom. The first-order valence-electron chi connectivity index (χ1n) is 11.5. The molecule has 9 heteroatoms. The molecule has 0 spiro atoms. The zero-order chi connectivity index (χ0) is 23.7. The van der Waals surface area contributed by atoms with E-state index >= 15 is 0 Å². The first kappa shape index (κ1) is 22.4. The summed E-state index contributed by atoms with van der Waals surface area (Å²) in [5.41, 5.74) is 8.87. The Bertz CT molecular complexity index is 1200. The molecular formula is C25H29N5O4. The Morgan fingerprint density at radius 1 is 1.21 bits per heavy atom. The lowest BCUT2D eigenvalue weighted by atomic mass is 9.99. The molecule has 3 aromatic rings. The molecule has 2 aliphatic rings. The maximum Gasteiger partial charge on any atom is 0.228 e. The third kappa shape index (κ3) is 3.91. The number of fused-ring (bicyclic) bond motifs is 1. The molecule has 1 aromatic heterocycles. The van der Waals surface area contributed by atoms with E-state index in [1.807, 2.05) is 41.3 Å². The van der Waals surface area contributed by atoms with Crippen LogP contribution < -0.4 is 25.4 Å². The number of ketones is 1. The molecule has 2 aliphatic heterocycles. The van der Waals surface area contributed by atoms with Gasteiger partial charge in [-0.2, -0.15) is 4.98 Å². The molecule has 3 heterocycles. The largest absolute Gasteiger partial charge is 0.493 e. The number of nitrogens with two attached hydrogens (primary N) is 1. The third-order valence-corrected chi connectivity index (χ3v) is 6.49. The molecular weight excluding hydrogens is 434 g/mol. The Balaban J connectivity index is 1.61. The highest BCUT2D eigenvalue weighted by Crippen LogP contribution is 2.45. The molecule has 0 bridgehead atoms. The fourth-order valence-electron chi connectivity index (χ4n) is 4.90. The molecule has 2 atom stereocenters. The smallest absolute Gasteiger partial charge is 0.228 e. The number of hydrogen-bond acceptors (Lipinski definition) is 9. The molecule has 178 valence electrons. The zero-order valence-electron chi connectivity index (χ0n) is 19.4. The van der Waals surface area contributed by atoms with Crippen molar-refractivity contribution in [1.82, 2.24) is 15.3 Å². The number of ether oxygens (including phenoxy) is 3. The first-order chi connectivity index (χ1) is 16.6.